The summed E-state index contributed by atoms with van der Waals surface area (Å²) in [7, 11) is 0. The van der Waals surface area contributed by atoms with Crippen molar-refractivity contribution in [2.45, 2.75) is 31.2 Å². The molecule has 0 radical (unpaired) electrons. The second kappa shape index (κ2) is 9.55. The van der Waals surface area contributed by atoms with Gasteiger partial charge in [-0.15, -0.1) is 11.8 Å². The number of likely N-dealkylation sites (tertiary alicyclic amines) is 1. The number of carbonyl (C=O) groups is 1. The second-order valence-electron chi connectivity index (χ2n) is 6.86. The molecule has 2 saturated heterocycles. The molecule has 0 saturated carbocycles. The van der Waals surface area contributed by atoms with Gasteiger partial charge in [0.15, 0.2) is 0 Å². The summed E-state index contributed by atoms with van der Waals surface area (Å²) in [6.45, 7) is 10.4. The molecule has 0 atom stereocenters. The fourth-order valence-electron chi connectivity index (χ4n) is 3.50. The van der Waals surface area contributed by atoms with Crippen LogP contribution in [-0.4, -0.2) is 83.7 Å². The number of nitrogens with zero attached hydrogens (tertiary/aromatic N) is 4. The Kier molecular flexibility index (Phi) is 7.13. The average Bonchev–Trinajstić information content (AvgIpc) is 2.69. The van der Waals surface area contributed by atoms with Crippen LogP contribution in [-0.2, 0) is 0 Å². The van der Waals surface area contributed by atoms with Crippen LogP contribution in [0.4, 0.5) is 0 Å². The van der Waals surface area contributed by atoms with E-state index in [4.69, 9.17) is 0 Å². The average molecular weight is 363 g/mol. The van der Waals surface area contributed by atoms with E-state index in [0.29, 0.717) is 5.56 Å². The van der Waals surface area contributed by atoms with Crippen LogP contribution in [0.1, 0.15) is 36.5 Å². The molecule has 138 valence electrons. The van der Waals surface area contributed by atoms with Crippen molar-refractivity contribution >= 4 is 17.7 Å². The van der Waals surface area contributed by atoms with Gasteiger partial charge in [-0.2, -0.15) is 0 Å². The van der Waals surface area contributed by atoms with Crippen LogP contribution >= 0.6 is 11.8 Å². The molecule has 1 amide bonds. The van der Waals surface area contributed by atoms with Crippen molar-refractivity contribution in [3.63, 3.8) is 0 Å². The lowest BCUT2D eigenvalue weighted by Gasteiger charge is -2.34. The zero-order valence-electron chi connectivity index (χ0n) is 15.3. The van der Waals surface area contributed by atoms with E-state index in [1.54, 1.807) is 18.0 Å². The zero-order valence-corrected chi connectivity index (χ0v) is 16.1. The van der Waals surface area contributed by atoms with Gasteiger partial charge in [0.2, 0.25) is 0 Å². The molecule has 25 heavy (non-hydrogen) atoms. The Morgan fingerprint density at radius 3 is 2.44 bits per heavy atom. The highest BCUT2D eigenvalue weighted by Gasteiger charge is 2.21. The van der Waals surface area contributed by atoms with E-state index in [0.717, 1.165) is 50.0 Å². The first kappa shape index (κ1) is 18.7. The Balaban J connectivity index is 1.44. The SMILES string of the molecule is CCN1CCN(C(=O)c2ccc(SCCN3CCCCC3)nc2)CC1. The summed E-state index contributed by atoms with van der Waals surface area (Å²) in [5, 5.41) is 1.02. The summed E-state index contributed by atoms with van der Waals surface area (Å²) >= 11 is 1.79. The largest absolute Gasteiger partial charge is 0.336 e. The minimum atomic E-state index is 0.119. The predicted molar refractivity (Wildman–Crippen MR) is 103 cm³/mol. The summed E-state index contributed by atoms with van der Waals surface area (Å²) in [6, 6.07) is 3.93. The first-order valence-corrected chi connectivity index (χ1v) is 10.6. The van der Waals surface area contributed by atoms with Gasteiger partial charge in [0, 0.05) is 44.7 Å². The lowest BCUT2D eigenvalue weighted by molar-refractivity contribution is 0.0643. The van der Waals surface area contributed by atoms with E-state index in [1.807, 2.05) is 17.0 Å². The molecule has 3 rings (SSSR count). The maximum atomic E-state index is 12.6. The molecule has 6 heteroatoms. The van der Waals surface area contributed by atoms with Crippen molar-refractivity contribution in [3.05, 3.63) is 23.9 Å². The van der Waals surface area contributed by atoms with Crippen LogP contribution in [0.5, 0.6) is 0 Å². The van der Waals surface area contributed by atoms with E-state index in [9.17, 15) is 4.79 Å². The van der Waals surface area contributed by atoms with Gasteiger partial charge in [-0.3, -0.25) is 4.79 Å². The number of hydrogen-bond acceptors (Lipinski definition) is 5. The van der Waals surface area contributed by atoms with Crippen LogP contribution in [0, 0.1) is 0 Å². The fraction of sp³-hybridized carbons (Fsp3) is 0.684. The van der Waals surface area contributed by atoms with Crippen molar-refractivity contribution in [2.75, 3.05) is 58.1 Å². The zero-order chi connectivity index (χ0) is 17.5. The Labute approximate surface area is 155 Å². The van der Waals surface area contributed by atoms with Gasteiger partial charge in [0.1, 0.15) is 0 Å². The summed E-state index contributed by atoms with van der Waals surface area (Å²) in [6.07, 6.45) is 5.81. The number of piperazine rings is 1. The maximum Gasteiger partial charge on any atom is 0.255 e. The lowest BCUT2D eigenvalue weighted by Crippen LogP contribution is -2.48. The predicted octanol–water partition coefficient (Wildman–Crippen LogP) is 2.44. The number of hydrogen-bond donors (Lipinski definition) is 0. The highest BCUT2D eigenvalue weighted by Crippen LogP contribution is 2.18. The van der Waals surface area contributed by atoms with E-state index < -0.39 is 0 Å². The summed E-state index contributed by atoms with van der Waals surface area (Å²) < 4.78 is 0. The number of pyridine rings is 1. The van der Waals surface area contributed by atoms with Gasteiger partial charge in [-0.25, -0.2) is 4.98 Å². The van der Waals surface area contributed by atoms with E-state index in [2.05, 4.69) is 21.7 Å². The highest BCUT2D eigenvalue weighted by atomic mass is 32.2. The summed E-state index contributed by atoms with van der Waals surface area (Å²) in [4.78, 5) is 24.0. The van der Waals surface area contributed by atoms with Gasteiger partial charge < -0.3 is 14.7 Å². The van der Waals surface area contributed by atoms with Gasteiger partial charge >= 0.3 is 0 Å². The molecule has 0 bridgehead atoms. The first-order valence-electron chi connectivity index (χ1n) is 9.59. The van der Waals surface area contributed by atoms with Gasteiger partial charge in [-0.05, 0) is 44.6 Å². The number of rotatable bonds is 6. The standard InChI is InChI=1S/C19H30N4OS/c1-2-21-10-12-23(13-11-21)19(24)17-6-7-18(20-16-17)25-15-14-22-8-4-3-5-9-22/h6-7,16H,2-5,8-15H2,1H3. The number of thioether (sulfide) groups is 1. The third-order valence-corrected chi connectivity index (χ3v) is 6.12. The molecule has 0 spiro atoms. The normalized spacial score (nSPS) is 20.0. The Hall–Kier alpha value is -1.11. The Morgan fingerprint density at radius 2 is 1.80 bits per heavy atom. The second-order valence-corrected chi connectivity index (χ2v) is 7.98. The van der Waals surface area contributed by atoms with Gasteiger partial charge in [0.25, 0.3) is 5.91 Å². The Morgan fingerprint density at radius 1 is 1.04 bits per heavy atom. The van der Waals surface area contributed by atoms with Crippen LogP contribution < -0.4 is 0 Å². The minimum Gasteiger partial charge on any atom is -0.336 e. The molecule has 1 aromatic heterocycles. The molecule has 2 aliphatic heterocycles. The highest BCUT2D eigenvalue weighted by molar-refractivity contribution is 7.99. The molecule has 3 heterocycles. The third kappa shape index (κ3) is 5.43. The van der Waals surface area contributed by atoms with Crippen LogP contribution in [0.2, 0.25) is 0 Å². The molecule has 0 aliphatic carbocycles. The topological polar surface area (TPSA) is 39.7 Å². The number of likely N-dealkylation sites (N-methyl/N-ethyl adjacent to an activating group) is 1. The van der Waals surface area contributed by atoms with Crippen molar-refractivity contribution in [3.8, 4) is 0 Å². The molecular weight excluding hydrogens is 332 g/mol. The number of amides is 1. The van der Waals surface area contributed by atoms with Crippen LogP contribution in [0.3, 0.4) is 0 Å². The van der Waals surface area contributed by atoms with Crippen molar-refractivity contribution in [1.29, 1.82) is 0 Å². The third-order valence-electron chi connectivity index (χ3n) is 5.20. The number of carbonyl (C=O) groups excluding carboxylic acids is 1. The van der Waals surface area contributed by atoms with Crippen LogP contribution in [0.25, 0.3) is 0 Å². The molecule has 2 fully saturated rings. The summed E-state index contributed by atoms with van der Waals surface area (Å²) in [5.74, 6) is 1.19. The molecular formula is C19H30N4OS. The number of piperidine rings is 1. The molecule has 0 aromatic carbocycles. The maximum absolute atomic E-state index is 12.6. The van der Waals surface area contributed by atoms with E-state index in [1.165, 1.54) is 32.4 Å². The quantitative estimate of drug-likeness (QED) is 0.727. The summed E-state index contributed by atoms with van der Waals surface area (Å²) in [5.41, 5.74) is 0.713. The van der Waals surface area contributed by atoms with E-state index in [-0.39, 0.29) is 5.91 Å². The smallest absolute Gasteiger partial charge is 0.255 e. The molecule has 1 aromatic rings. The van der Waals surface area contributed by atoms with E-state index >= 15 is 0 Å². The van der Waals surface area contributed by atoms with Crippen molar-refractivity contribution in [2.24, 2.45) is 0 Å². The number of aromatic nitrogens is 1. The molecule has 2 aliphatic rings. The van der Waals surface area contributed by atoms with Crippen molar-refractivity contribution < 1.29 is 4.79 Å². The molecule has 0 N–H and O–H groups in total. The monoisotopic (exact) mass is 362 g/mol. The van der Waals surface area contributed by atoms with Gasteiger partial charge in [-0.1, -0.05) is 13.3 Å². The first-order chi connectivity index (χ1) is 12.3. The van der Waals surface area contributed by atoms with Gasteiger partial charge in [0.05, 0.1) is 10.6 Å². The van der Waals surface area contributed by atoms with Crippen LogP contribution in [0.15, 0.2) is 23.4 Å². The molecule has 0 unspecified atom stereocenters. The van der Waals surface area contributed by atoms with Crippen molar-refractivity contribution in [1.82, 2.24) is 19.7 Å². The minimum absolute atomic E-state index is 0.119. The Bertz CT molecular complexity index is 537. The molecule has 5 nitrogen and oxygen atoms in total. The lowest BCUT2D eigenvalue weighted by atomic mass is 10.1. The fourth-order valence-corrected chi connectivity index (χ4v) is 4.35.